The van der Waals surface area contributed by atoms with Gasteiger partial charge in [0.25, 0.3) is 5.91 Å². The first-order valence-electron chi connectivity index (χ1n) is 8.85. The number of halogens is 1. The molecule has 28 heavy (non-hydrogen) atoms. The zero-order chi connectivity index (χ0) is 19.5. The molecule has 1 aromatic heterocycles. The predicted octanol–water partition coefficient (Wildman–Crippen LogP) is 6.18. The van der Waals surface area contributed by atoms with E-state index < -0.39 is 5.82 Å². The number of ether oxygens (including phenoxy) is 1. The Bertz CT molecular complexity index is 1150. The summed E-state index contributed by atoms with van der Waals surface area (Å²) in [6.45, 7) is 2.21. The van der Waals surface area contributed by atoms with E-state index in [9.17, 15) is 9.18 Å². The molecule has 0 saturated heterocycles. The van der Waals surface area contributed by atoms with Gasteiger partial charge in [0, 0.05) is 5.56 Å². The molecule has 1 amide bonds. The highest BCUT2D eigenvalue weighted by molar-refractivity contribution is 7.12. The number of benzene rings is 3. The molecule has 0 aliphatic rings. The van der Waals surface area contributed by atoms with Crippen molar-refractivity contribution in [2.75, 3.05) is 5.32 Å². The summed E-state index contributed by atoms with van der Waals surface area (Å²) < 4.78 is 19.7. The summed E-state index contributed by atoms with van der Waals surface area (Å²) in [7, 11) is 0. The standard InChI is InChI=1S/C23H18FNO2S/c1-15-6-9-20(24)21(10-15)25-23(26)22-11-16(14-28-22)13-27-19-8-7-17-4-2-3-5-18(17)12-19/h2-12,14H,13H2,1H3,(H,25,26). The Morgan fingerprint density at radius 3 is 2.71 bits per heavy atom. The average Bonchev–Trinajstić information content (AvgIpc) is 3.18. The number of fused-ring (bicyclic) bond motifs is 1. The van der Waals surface area contributed by atoms with Gasteiger partial charge in [-0.3, -0.25) is 4.79 Å². The molecule has 0 atom stereocenters. The predicted molar refractivity (Wildman–Crippen MR) is 112 cm³/mol. The summed E-state index contributed by atoms with van der Waals surface area (Å²) in [5.41, 5.74) is 1.97. The quantitative estimate of drug-likeness (QED) is 0.441. The second-order valence-corrected chi connectivity index (χ2v) is 7.47. The van der Waals surface area contributed by atoms with Crippen LogP contribution in [0.1, 0.15) is 20.8 Å². The van der Waals surface area contributed by atoms with Crippen LogP contribution in [0.2, 0.25) is 0 Å². The number of anilines is 1. The van der Waals surface area contributed by atoms with E-state index >= 15 is 0 Å². The molecule has 4 rings (SSSR count). The lowest BCUT2D eigenvalue weighted by Crippen LogP contribution is -2.11. The van der Waals surface area contributed by atoms with Crippen LogP contribution in [0, 0.1) is 12.7 Å². The van der Waals surface area contributed by atoms with Crippen molar-refractivity contribution in [3.05, 3.63) is 93.9 Å². The van der Waals surface area contributed by atoms with Crippen molar-refractivity contribution in [3.63, 3.8) is 0 Å². The van der Waals surface area contributed by atoms with Crippen LogP contribution < -0.4 is 10.1 Å². The largest absolute Gasteiger partial charge is 0.489 e. The topological polar surface area (TPSA) is 38.3 Å². The number of hydrogen-bond acceptors (Lipinski definition) is 3. The highest BCUT2D eigenvalue weighted by atomic mass is 32.1. The van der Waals surface area contributed by atoms with Gasteiger partial charge in [-0.1, -0.05) is 36.4 Å². The molecular weight excluding hydrogens is 373 g/mol. The number of amides is 1. The smallest absolute Gasteiger partial charge is 0.265 e. The summed E-state index contributed by atoms with van der Waals surface area (Å²) in [5.74, 6) is -0.000412. The monoisotopic (exact) mass is 391 g/mol. The van der Waals surface area contributed by atoms with Crippen LogP contribution in [0.5, 0.6) is 5.75 Å². The van der Waals surface area contributed by atoms with Crippen molar-refractivity contribution in [2.45, 2.75) is 13.5 Å². The maximum absolute atomic E-state index is 13.8. The van der Waals surface area contributed by atoms with E-state index in [1.54, 1.807) is 18.2 Å². The molecule has 0 bridgehead atoms. The third kappa shape index (κ3) is 4.05. The van der Waals surface area contributed by atoms with E-state index in [1.165, 1.54) is 17.4 Å². The Balaban J connectivity index is 1.42. The Hall–Kier alpha value is -3.18. The van der Waals surface area contributed by atoms with Crippen LogP contribution >= 0.6 is 11.3 Å². The molecule has 0 unspecified atom stereocenters. The van der Waals surface area contributed by atoms with Crippen LogP contribution in [0.3, 0.4) is 0 Å². The lowest BCUT2D eigenvalue weighted by Gasteiger charge is -2.07. The molecule has 3 nitrogen and oxygen atoms in total. The van der Waals surface area contributed by atoms with Gasteiger partial charge in [-0.15, -0.1) is 11.3 Å². The normalized spacial score (nSPS) is 10.8. The molecule has 3 aromatic carbocycles. The van der Waals surface area contributed by atoms with Gasteiger partial charge in [-0.2, -0.15) is 0 Å². The van der Waals surface area contributed by atoms with Gasteiger partial charge in [0.1, 0.15) is 18.2 Å². The van der Waals surface area contributed by atoms with Crippen molar-refractivity contribution in [1.82, 2.24) is 0 Å². The molecule has 0 spiro atoms. The fourth-order valence-corrected chi connectivity index (χ4v) is 3.70. The number of thiophene rings is 1. The number of rotatable bonds is 5. The summed E-state index contributed by atoms with van der Waals surface area (Å²) in [6.07, 6.45) is 0. The number of aryl methyl sites for hydroxylation is 1. The zero-order valence-electron chi connectivity index (χ0n) is 15.2. The van der Waals surface area contributed by atoms with Crippen molar-refractivity contribution in [3.8, 4) is 5.75 Å². The van der Waals surface area contributed by atoms with E-state index in [1.807, 2.05) is 48.7 Å². The molecule has 0 radical (unpaired) electrons. The Morgan fingerprint density at radius 2 is 1.86 bits per heavy atom. The minimum Gasteiger partial charge on any atom is -0.489 e. The molecule has 4 aromatic rings. The van der Waals surface area contributed by atoms with Crippen LogP contribution in [0.15, 0.2) is 72.1 Å². The van der Waals surface area contributed by atoms with Crippen LogP contribution in [-0.4, -0.2) is 5.91 Å². The van der Waals surface area contributed by atoms with Crippen LogP contribution in [0.25, 0.3) is 10.8 Å². The summed E-state index contributed by atoms with van der Waals surface area (Å²) in [5, 5.41) is 6.78. The lowest BCUT2D eigenvalue weighted by molar-refractivity contribution is 0.103. The Labute approximate surface area is 166 Å². The van der Waals surface area contributed by atoms with E-state index in [4.69, 9.17) is 4.74 Å². The van der Waals surface area contributed by atoms with Crippen molar-refractivity contribution in [2.24, 2.45) is 0 Å². The molecule has 0 saturated carbocycles. The third-order valence-electron chi connectivity index (χ3n) is 4.37. The summed E-state index contributed by atoms with van der Waals surface area (Å²) >= 11 is 1.31. The maximum Gasteiger partial charge on any atom is 0.265 e. The van der Waals surface area contributed by atoms with Gasteiger partial charge in [0.15, 0.2) is 0 Å². The fraction of sp³-hybridized carbons (Fsp3) is 0.0870. The second kappa shape index (κ2) is 7.82. The fourth-order valence-electron chi connectivity index (χ4n) is 2.91. The summed E-state index contributed by atoms with van der Waals surface area (Å²) in [4.78, 5) is 12.9. The molecule has 1 heterocycles. The van der Waals surface area contributed by atoms with Crippen molar-refractivity contribution < 1.29 is 13.9 Å². The van der Waals surface area contributed by atoms with Gasteiger partial charge in [-0.05, 0) is 59.0 Å². The maximum atomic E-state index is 13.8. The number of nitrogens with one attached hydrogen (secondary N) is 1. The van der Waals surface area contributed by atoms with E-state index in [-0.39, 0.29) is 11.6 Å². The average molecular weight is 391 g/mol. The van der Waals surface area contributed by atoms with Crippen LogP contribution in [-0.2, 0) is 6.61 Å². The van der Waals surface area contributed by atoms with E-state index in [2.05, 4.69) is 11.4 Å². The molecular formula is C23H18FNO2S. The Kier molecular flexibility index (Phi) is 5.08. The minimum absolute atomic E-state index is 0.187. The molecule has 140 valence electrons. The first-order chi connectivity index (χ1) is 13.6. The molecule has 1 N–H and O–H groups in total. The highest BCUT2D eigenvalue weighted by Crippen LogP contribution is 2.23. The van der Waals surface area contributed by atoms with Crippen molar-refractivity contribution >= 4 is 33.7 Å². The van der Waals surface area contributed by atoms with Crippen LogP contribution in [0.4, 0.5) is 10.1 Å². The zero-order valence-corrected chi connectivity index (χ0v) is 16.1. The van der Waals surface area contributed by atoms with Gasteiger partial charge >= 0.3 is 0 Å². The molecule has 5 heteroatoms. The molecule has 0 aliphatic carbocycles. The number of hydrogen-bond donors (Lipinski definition) is 1. The van der Waals surface area contributed by atoms with Gasteiger partial charge < -0.3 is 10.1 Å². The molecule has 0 fully saturated rings. The van der Waals surface area contributed by atoms with Gasteiger partial charge in [0.05, 0.1) is 10.6 Å². The van der Waals surface area contributed by atoms with Gasteiger partial charge in [0.2, 0.25) is 0 Å². The molecule has 0 aliphatic heterocycles. The number of carbonyl (C=O) groups is 1. The third-order valence-corrected chi connectivity index (χ3v) is 5.35. The highest BCUT2D eigenvalue weighted by Gasteiger charge is 2.12. The SMILES string of the molecule is Cc1ccc(F)c(NC(=O)c2cc(COc3ccc4ccccc4c3)cs2)c1. The first kappa shape index (κ1) is 18.2. The lowest BCUT2D eigenvalue weighted by atomic mass is 10.1. The second-order valence-electron chi connectivity index (χ2n) is 6.55. The van der Waals surface area contributed by atoms with Gasteiger partial charge in [-0.25, -0.2) is 4.39 Å². The van der Waals surface area contributed by atoms with E-state index in [0.717, 1.165) is 27.6 Å². The Morgan fingerprint density at radius 1 is 1.04 bits per heavy atom. The minimum atomic E-state index is -0.449. The number of carbonyl (C=O) groups excluding carboxylic acids is 1. The summed E-state index contributed by atoms with van der Waals surface area (Å²) in [6, 6.07) is 20.4. The van der Waals surface area contributed by atoms with E-state index in [0.29, 0.717) is 11.5 Å². The first-order valence-corrected chi connectivity index (χ1v) is 9.73. The van der Waals surface area contributed by atoms with Crippen molar-refractivity contribution in [1.29, 1.82) is 0 Å².